The lowest BCUT2D eigenvalue weighted by Crippen LogP contribution is -2.23. The molecule has 0 radical (unpaired) electrons. The van der Waals surface area contributed by atoms with Crippen molar-refractivity contribution in [3.63, 3.8) is 0 Å². The summed E-state index contributed by atoms with van der Waals surface area (Å²) in [5, 5.41) is 11.3. The standard InChI is InChI=1S/C26H34N8O2/c1-3-18-5-4-6-22-23-12-25(36-17-21-15-34(10-8-28)32-31-21)24(11-19(23)14-33(2)26(18)22)35-16-20(29)13-30-9-7-27/h3-6,11-13,15,30H,1,7-10,14,16-17,27-29H2,2H3/b20-13-. The van der Waals surface area contributed by atoms with Gasteiger partial charge in [-0.2, -0.15) is 0 Å². The van der Waals surface area contributed by atoms with Crippen LogP contribution in [0, 0.1) is 0 Å². The first-order chi connectivity index (χ1) is 17.5. The Hall–Kier alpha value is -4.02. The molecule has 10 nitrogen and oxygen atoms in total. The van der Waals surface area contributed by atoms with E-state index in [0.29, 0.717) is 49.1 Å². The van der Waals surface area contributed by atoms with Crippen LogP contribution in [0.25, 0.3) is 17.2 Å². The van der Waals surface area contributed by atoms with Crippen LogP contribution in [0.2, 0.25) is 0 Å². The Labute approximate surface area is 211 Å². The first-order valence-corrected chi connectivity index (χ1v) is 11.9. The van der Waals surface area contributed by atoms with Crippen molar-refractivity contribution in [3.8, 4) is 22.6 Å². The second kappa shape index (κ2) is 11.6. The largest absolute Gasteiger partial charge is 0.483 e. The van der Waals surface area contributed by atoms with Crippen molar-refractivity contribution < 1.29 is 9.47 Å². The van der Waals surface area contributed by atoms with Crippen molar-refractivity contribution in [1.29, 1.82) is 0 Å². The van der Waals surface area contributed by atoms with E-state index in [9.17, 15) is 0 Å². The van der Waals surface area contributed by atoms with E-state index < -0.39 is 0 Å². The minimum absolute atomic E-state index is 0.201. The molecule has 4 rings (SSSR count). The molecular formula is C26H34N8O2. The van der Waals surface area contributed by atoms with Gasteiger partial charge in [-0.3, -0.25) is 4.68 Å². The summed E-state index contributed by atoms with van der Waals surface area (Å²) in [5.74, 6) is 1.21. The minimum atomic E-state index is 0.201. The number of benzene rings is 2. The summed E-state index contributed by atoms with van der Waals surface area (Å²) in [4.78, 5) is 2.22. The van der Waals surface area contributed by atoms with Gasteiger partial charge in [-0.05, 0) is 28.8 Å². The number of ether oxygens (including phenoxy) is 2. The topological polar surface area (TPSA) is 142 Å². The van der Waals surface area contributed by atoms with Crippen molar-refractivity contribution >= 4 is 11.8 Å². The van der Waals surface area contributed by atoms with Gasteiger partial charge in [0.15, 0.2) is 11.5 Å². The van der Waals surface area contributed by atoms with E-state index in [-0.39, 0.29) is 13.2 Å². The zero-order valence-electron chi connectivity index (χ0n) is 20.6. The monoisotopic (exact) mass is 490 g/mol. The Morgan fingerprint density at radius 1 is 1.17 bits per heavy atom. The zero-order valence-corrected chi connectivity index (χ0v) is 20.6. The van der Waals surface area contributed by atoms with Gasteiger partial charge in [0.05, 0.1) is 24.1 Å². The van der Waals surface area contributed by atoms with Crippen LogP contribution in [0.5, 0.6) is 11.5 Å². The van der Waals surface area contributed by atoms with Crippen molar-refractivity contribution in [3.05, 3.63) is 71.8 Å². The van der Waals surface area contributed by atoms with Gasteiger partial charge in [-0.15, -0.1) is 5.10 Å². The number of hydrogen-bond donors (Lipinski definition) is 4. The normalized spacial score (nSPS) is 12.6. The number of aromatic nitrogens is 3. The number of nitrogens with one attached hydrogen (secondary N) is 1. The van der Waals surface area contributed by atoms with Gasteiger partial charge < -0.3 is 36.9 Å². The Morgan fingerprint density at radius 2 is 2.00 bits per heavy atom. The molecule has 1 aliphatic rings. The molecule has 0 amide bonds. The molecule has 0 unspecified atom stereocenters. The molecule has 190 valence electrons. The quantitative estimate of drug-likeness (QED) is 0.280. The number of nitrogens with zero attached hydrogens (tertiary/aromatic N) is 4. The second-order valence-corrected chi connectivity index (χ2v) is 8.56. The summed E-state index contributed by atoms with van der Waals surface area (Å²) in [6.07, 6.45) is 5.42. The van der Waals surface area contributed by atoms with E-state index in [0.717, 1.165) is 34.5 Å². The van der Waals surface area contributed by atoms with Gasteiger partial charge >= 0.3 is 0 Å². The van der Waals surface area contributed by atoms with Crippen LogP contribution < -0.4 is 36.9 Å². The Morgan fingerprint density at radius 3 is 2.78 bits per heavy atom. The average molecular weight is 491 g/mol. The summed E-state index contributed by atoms with van der Waals surface area (Å²) >= 11 is 0. The van der Waals surface area contributed by atoms with Crippen LogP contribution in [0.4, 0.5) is 5.69 Å². The number of rotatable bonds is 12. The molecule has 7 N–H and O–H groups in total. The van der Waals surface area contributed by atoms with Crippen molar-refractivity contribution in [2.45, 2.75) is 19.7 Å². The van der Waals surface area contributed by atoms with Crippen LogP contribution in [0.15, 0.2) is 55.0 Å². The Balaban J connectivity index is 1.65. The third-order valence-corrected chi connectivity index (χ3v) is 5.83. The predicted molar refractivity (Wildman–Crippen MR) is 142 cm³/mol. The molecule has 36 heavy (non-hydrogen) atoms. The molecule has 10 heteroatoms. The van der Waals surface area contributed by atoms with Gasteiger partial charge in [0.1, 0.15) is 18.9 Å². The maximum Gasteiger partial charge on any atom is 0.162 e. The average Bonchev–Trinajstić information content (AvgIpc) is 3.33. The molecule has 2 heterocycles. The van der Waals surface area contributed by atoms with E-state index in [4.69, 9.17) is 26.7 Å². The lowest BCUT2D eigenvalue weighted by atomic mass is 9.91. The number of hydrogen-bond acceptors (Lipinski definition) is 9. The summed E-state index contributed by atoms with van der Waals surface area (Å²) in [7, 11) is 2.08. The van der Waals surface area contributed by atoms with Gasteiger partial charge in [0, 0.05) is 45.0 Å². The molecular weight excluding hydrogens is 456 g/mol. The second-order valence-electron chi connectivity index (χ2n) is 8.56. The molecule has 2 aromatic carbocycles. The summed E-state index contributed by atoms with van der Waals surface area (Å²) in [6, 6.07) is 10.3. The molecule has 1 aliphatic heterocycles. The molecule has 0 fully saturated rings. The fraction of sp³-hybridized carbons (Fsp3) is 0.308. The maximum atomic E-state index is 6.21. The fourth-order valence-electron chi connectivity index (χ4n) is 4.20. The summed E-state index contributed by atoms with van der Waals surface area (Å²) < 4.78 is 14.0. The molecule has 0 atom stereocenters. The third-order valence-electron chi connectivity index (χ3n) is 5.83. The lowest BCUT2D eigenvalue weighted by Gasteiger charge is -2.32. The predicted octanol–water partition coefficient (Wildman–Crippen LogP) is 1.80. The van der Waals surface area contributed by atoms with E-state index in [1.165, 1.54) is 0 Å². The highest BCUT2D eigenvalue weighted by molar-refractivity contribution is 5.89. The minimum Gasteiger partial charge on any atom is -0.483 e. The highest BCUT2D eigenvalue weighted by Gasteiger charge is 2.24. The van der Waals surface area contributed by atoms with E-state index >= 15 is 0 Å². The van der Waals surface area contributed by atoms with Crippen LogP contribution in [-0.2, 0) is 19.7 Å². The number of fused-ring (bicyclic) bond motifs is 3. The highest BCUT2D eigenvalue weighted by Crippen LogP contribution is 2.45. The zero-order chi connectivity index (χ0) is 25.5. The smallest absolute Gasteiger partial charge is 0.162 e. The maximum absolute atomic E-state index is 6.21. The number of nitrogens with two attached hydrogens (primary N) is 3. The van der Waals surface area contributed by atoms with E-state index in [1.54, 1.807) is 10.9 Å². The van der Waals surface area contributed by atoms with Gasteiger partial charge in [0.2, 0.25) is 0 Å². The third kappa shape index (κ3) is 5.61. The summed E-state index contributed by atoms with van der Waals surface area (Å²) in [5.41, 5.74) is 24.1. The number of para-hydroxylation sites is 1. The van der Waals surface area contributed by atoms with Crippen LogP contribution in [-0.4, -0.2) is 48.3 Å². The van der Waals surface area contributed by atoms with Crippen LogP contribution in [0.3, 0.4) is 0 Å². The first-order valence-electron chi connectivity index (χ1n) is 11.9. The van der Waals surface area contributed by atoms with Crippen molar-refractivity contribution in [1.82, 2.24) is 20.3 Å². The van der Waals surface area contributed by atoms with Crippen LogP contribution >= 0.6 is 0 Å². The van der Waals surface area contributed by atoms with Gasteiger partial charge in [0.25, 0.3) is 0 Å². The SMILES string of the molecule is C=Cc1cccc2c1N(C)Cc1cc(OC/C(N)=C/NCCN)c(OCc3cn(CCN)nn3)cc1-2. The fourth-order valence-corrected chi connectivity index (χ4v) is 4.20. The molecule has 3 aromatic rings. The molecule has 0 saturated carbocycles. The summed E-state index contributed by atoms with van der Waals surface area (Å²) in [6.45, 7) is 7.39. The van der Waals surface area contributed by atoms with E-state index in [2.05, 4.69) is 46.3 Å². The van der Waals surface area contributed by atoms with E-state index in [1.807, 2.05) is 30.5 Å². The van der Waals surface area contributed by atoms with Crippen molar-refractivity contribution in [2.24, 2.45) is 17.2 Å². The lowest BCUT2D eigenvalue weighted by molar-refractivity contribution is 0.269. The Kier molecular flexibility index (Phi) is 8.09. The molecule has 0 saturated heterocycles. The van der Waals surface area contributed by atoms with Gasteiger partial charge in [-0.25, -0.2) is 0 Å². The number of anilines is 1. The molecule has 0 bridgehead atoms. The van der Waals surface area contributed by atoms with Gasteiger partial charge in [-0.1, -0.05) is 36.1 Å². The molecule has 0 spiro atoms. The van der Waals surface area contributed by atoms with Crippen molar-refractivity contribution in [2.75, 3.05) is 38.2 Å². The first kappa shape index (κ1) is 25.1. The molecule has 0 aliphatic carbocycles. The Bertz CT molecular complexity index is 1240. The van der Waals surface area contributed by atoms with Crippen LogP contribution in [0.1, 0.15) is 16.8 Å². The molecule has 1 aromatic heterocycles. The highest BCUT2D eigenvalue weighted by atomic mass is 16.5.